The fourth-order valence-electron chi connectivity index (χ4n) is 1.58. The first-order chi connectivity index (χ1) is 10.4. The standard InChI is InChI=1S/C13H21N3O5S.ClH/c1-3-21-6-7-22(18,19)15-9-13(17)16-10-4-5-12(20-2)11(14)8-10;/h4-5,8,15H,3,6-7,9,14H2,1-2H3,(H,16,17);1H. The number of nitrogens with one attached hydrogen (secondary N) is 2. The second-order valence-electron chi connectivity index (χ2n) is 4.34. The largest absolute Gasteiger partial charge is 0.495 e. The van der Waals surface area contributed by atoms with Crippen LogP contribution < -0.4 is 20.5 Å². The fourth-order valence-corrected chi connectivity index (χ4v) is 2.41. The maximum absolute atomic E-state index is 11.7. The highest BCUT2D eigenvalue weighted by Crippen LogP contribution is 2.24. The van der Waals surface area contributed by atoms with Gasteiger partial charge < -0.3 is 20.5 Å². The first kappa shape index (κ1) is 21.4. The van der Waals surface area contributed by atoms with Crippen LogP contribution in [0.15, 0.2) is 18.2 Å². The number of methoxy groups -OCH3 is 1. The van der Waals surface area contributed by atoms with Gasteiger partial charge in [0, 0.05) is 12.3 Å². The maximum atomic E-state index is 11.7. The molecule has 23 heavy (non-hydrogen) atoms. The Morgan fingerprint density at radius 2 is 2.04 bits per heavy atom. The molecule has 4 N–H and O–H groups in total. The molecule has 0 heterocycles. The fraction of sp³-hybridized carbons (Fsp3) is 0.462. The van der Waals surface area contributed by atoms with Gasteiger partial charge in [-0.3, -0.25) is 4.79 Å². The Bertz CT molecular complexity index is 610. The molecule has 0 atom stereocenters. The molecule has 1 amide bonds. The van der Waals surface area contributed by atoms with E-state index < -0.39 is 15.9 Å². The Morgan fingerprint density at radius 1 is 1.35 bits per heavy atom. The molecule has 0 aliphatic rings. The predicted molar refractivity (Wildman–Crippen MR) is 91.6 cm³/mol. The summed E-state index contributed by atoms with van der Waals surface area (Å²) in [5.74, 6) is -0.192. The molecule has 0 saturated carbocycles. The number of sulfonamides is 1. The molecule has 132 valence electrons. The predicted octanol–water partition coefficient (Wildman–Crippen LogP) is 0.594. The molecule has 0 unspecified atom stereocenters. The minimum Gasteiger partial charge on any atom is -0.495 e. The summed E-state index contributed by atoms with van der Waals surface area (Å²) in [4.78, 5) is 11.7. The molecule has 10 heteroatoms. The summed E-state index contributed by atoms with van der Waals surface area (Å²) in [6, 6.07) is 4.74. The lowest BCUT2D eigenvalue weighted by Gasteiger charge is -2.10. The molecule has 0 saturated heterocycles. The number of halogens is 1. The number of anilines is 2. The van der Waals surface area contributed by atoms with E-state index in [1.807, 2.05) is 0 Å². The molecule has 0 spiro atoms. The van der Waals surface area contributed by atoms with Crippen LogP contribution in [0.5, 0.6) is 5.75 Å². The van der Waals surface area contributed by atoms with Crippen molar-refractivity contribution in [2.24, 2.45) is 0 Å². The number of ether oxygens (including phenoxy) is 2. The van der Waals surface area contributed by atoms with E-state index in [-0.39, 0.29) is 31.3 Å². The van der Waals surface area contributed by atoms with Crippen LogP contribution in [0.3, 0.4) is 0 Å². The topological polar surface area (TPSA) is 120 Å². The van der Waals surface area contributed by atoms with Crippen LogP contribution in [0.25, 0.3) is 0 Å². The number of amides is 1. The monoisotopic (exact) mass is 367 g/mol. The normalized spacial score (nSPS) is 10.7. The van der Waals surface area contributed by atoms with Gasteiger partial charge in [-0.1, -0.05) is 0 Å². The highest BCUT2D eigenvalue weighted by Gasteiger charge is 2.12. The van der Waals surface area contributed by atoms with Crippen LogP contribution in [-0.2, 0) is 19.6 Å². The van der Waals surface area contributed by atoms with Gasteiger partial charge in [0.05, 0.1) is 31.7 Å². The highest BCUT2D eigenvalue weighted by molar-refractivity contribution is 7.89. The smallest absolute Gasteiger partial charge is 0.239 e. The molecule has 0 aliphatic heterocycles. The van der Waals surface area contributed by atoms with E-state index in [1.165, 1.54) is 13.2 Å². The number of carbonyl (C=O) groups excluding carboxylic acids is 1. The summed E-state index contributed by atoms with van der Waals surface area (Å²) in [6.07, 6.45) is 0. The van der Waals surface area contributed by atoms with E-state index in [1.54, 1.807) is 19.1 Å². The Balaban J connectivity index is 0.00000484. The van der Waals surface area contributed by atoms with Crippen LogP contribution in [0.1, 0.15) is 6.92 Å². The molecule has 0 bridgehead atoms. The number of carbonyl (C=O) groups is 1. The van der Waals surface area contributed by atoms with Crippen molar-refractivity contribution in [1.82, 2.24) is 4.72 Å². The van der Waals surface area contributed by atoms with Gasteiger partial charge in [-0.2, -0.15) is 0 Å². The Morgan fingerprint density at radius 3 is 2.61 bits per heavy atom. The lowest BCUT2D eigenvalue weighted by Crippen LogP contribution is -2.35. The third kappa shape index (κ3) is 8.03. The third-order valence-electron chi connectivity index (χ3n) is 2.67. The average Bonchev–Trinajstić information content (AvgIpc) is 2.46. The van der Waals surface area contributed by atoms with Gasteiger partial charge in [0.2, 0.25) is 15.9 Å². The number of rotatable bonds is 9. The first-order valence-electron chi connectivity index (χ1n) is 6.66. The second kappa shape index (κ2) is 10.3. The SMILES string of the molecule is CCOCCS(=O)(=O)NCC(=O)Nc1ccc(OC)c(N)c1.Cl. The number of hydrogen-bond acceptors (Lipinski definition) is 6. The minimum atomic E-state index is -3.54. The molecule has 0 fully saturated rings. The van der Waals surface area contributed by atoms with Crippen molar-refractivity contribution >= 4 is 39.7 Å². The van der Waals surface area contributed by atoms with Crippen LogP contribution in [0, 0.1) is 0 Å². The average molecular weight is 368 g/mol. The van der Waals surface area contributed by atoms with Gasteiger partial charge in [-0.05, 0) is 25.1 Å². The maximum Gasteiger partial charge on any atom is 0.239 e. The van der Waals surface area contributed by atoms with Crippen LogP contribution >= 0.6 is 12.4 Å². The van der Waals surface area contributed by atoms with Crippen molar-refractivity contribution in [2.75, 3.05) is 43.7 Å². The van der Waals surface area contributed by atoms with Crippen molar-refractivity contribution in [2.45, 2.75) is 6.92 Å². The summed E-state index contributed by atoms with van der Waals surface area (Å²) in [6.45, 7) is 1.94. The molecule has 0 radical (unpaired) electrons. The lowest BCUT2D eigenvalue weighted by molar-refractivity contribution is -0.115. The molecule has 1 aromatic rings. The van der Waals surface area contributed by atoms with E-state index >= 15 is 0 Å². The van der Waals surface area contributed by atoms with E-state index in [0.29, 0.717) is 23.7 Å². The summed E-state index contributed by atoms with van der Waals surface area (Å²) >= 11 is 0. The first-order valence-corrected chi connectivity index (χ1v) is 8.31. The minimum absolute atomic E-state index is 0. The van der Waals surface area contributed by atoms with E-state index in [4.69, 9.17) is 15.2 Å². The zero-order valence-electron chi connectivity index (χ0n) is 13.0. The summed E-state index contributed by atoms with van der Waals surface area (Å²) < 4.78 is 35.3. The third-order valence-corrected chi connectivity index (χ3v) is 3.95. The summed E-state index contributed by atoms with van der Waals surface area (Å²) in [5.41, 5.74) is 6.55. The Kier molecular flexibility index (Phi) is 9.58. The van der Waals surface area contributed by atoms with E-state index in [0.717, 1.165) is 0 Å². The Labute approximate surface area is 142 Å². The van der Waals surface area contributed by atoms with Gasteiger partial charge in [0.25, 0.3) is 0 Å². The number of benzene rings is 1. The summed E-state index contributed by atoms with van der Waals surface area (Å²) in [5, 5.41) is 2.54. The van der Waals surface area contributed by atoms with Gasteiger partial charge >= 0.3 is 0 Å². The van der Waals surface area contributed by atoms with Gasteiger partial charge in [0.15, 0.2) is 0 Å². The molecule has 0 aliphatic carbocycles. The van der Waals surface area contributed by atoms with Crippen LogP contribution in [0.4, 0.5) is 11.4 Å². The molecule has 1 aromatic carbocycles. The molecular weight excluding hydrogens is 346 g/mol. The second-order valence-corrected chi connectivity index (χ2v) is 6.27. The molecular formula is C13H22ClN3O5S. The van der Waals surface area contributed by atoms with Crippen molar-refractivity contribution in [3.8, 4) is 5.75 Å². The molecule has 1 rings (SSSR count). The quantitative estimate of drug-likeness (QED) is 0.434. The van der Waals surface area contributed by atoms with Crippen molar-refractivity contribution in [3.63, 3.8) is 0 Å². The van der Waals surface area contributed by atoms with E-state index in [9.17, 15) is 13.2 Å². The lowest BCUT2D eigenvalue weighted by atomic mass is 10.2. The van der Waals surface area contributed by atoms with E-state index in [2.05, 4.69) is 10.0 Å². The Hall–Kier alpha value is -1.55. The van der Waals surface area contributed by atoms with Gasteiger partial charge in [-0.15, -0.1) is 12.4 Å². The van der Waals surface area contributed by atoms with Gasteiger partial charge in [-0.25, -0.2) is 13.1 Å². The van der Waals surface area contributed by atoms with Crippen LogP contribution in [0.2, 0.25) is 0 Å². The molecule has 0 aromatic heterocycles. The van der Waals surface area contributed by atoms with Crippen molar-refractivity contribution in [1.29, 1.82) is 0 Å². The zero-order valence-corrected chi connectivity index (χ0v) is 14.6. The zero-order chi connectivity index (χ0) is 16.6. The number of nitrogens with two attached hydrogens (primary N) is 1. The molecule has 8 nitrogen and oxygen atoms in total. The number of hydrogen-bond donors (Lipinski definition) is 3. The highest BCUT2D eigenvalue weighted by atomic mass is 35.5. The van der Waals surface area contributed by atoms with Crippen molar-refractivity contribution < 1.29 is 22.7 Å². The number of nitrogen functional groups attached to an aromatic ring is 1. The van der Waals surface area contributed by atoms with Gasteiger partial charge in [0.1, 0.15) is 5.75 Å². The summed E-state index contributed by atoms with van der Waals surface area (Å²) in [7, 11) is -2.05. The van der Waals surface area contributed by atoms with Crippen LogP contribution in [-0.4, -0.2) is 46.9 Å². The van der Waals surface area contributed by atoms with Crippen molar-refractivity contribution in [3.05, 3.63) is 18.2 Å².